The summed E-state index contributed by atoms with van der Waals surface area (Å²) in [6, 6.07) is 7.97. The lowest BCUT2D eigenvalue weighted by Crippen LogP contribution is -2.41. The molecule has 1 heterocycles. The average Bonchev–Trinajstić information content (AvgIpc) is 2.63. The molecule has 2 unspecified atom stereocenters. The van der Waals surface area contributed by atoms with Gasteiger partial charge < -0.3 is 21.1 Å². The van der Waals surface area contributed by atoms with Crippen molar-refractivity contribution in [2.75, 3.05) is 31.6 Å². The Morgan fingerprint density at radius 1 is 1.31 bits per heavy atom. The Balaban J connectivity index is 1.99. The summed E-state index contributed by atoms with van der Waals surface area (Å²) in [4.78, 5) is 16.7. The van der Waals surface area contributed by atoms with Gasteiger partial charge in [0.1, 0.15) is 0 Å². The molecule has 2 rings (SSSR count). The smallest absolute Gasteiger partial charge is 0.225 e. The Kier molecular flexibility index (Phi) is 8.41. The summed E-state index contributed by atoms with van der Waals surface area (Å²) in [7, 11) is 0. The number of hydrogen-bond donors (Lipinski definition) is 4. The van der Waals surface area contributed by atoms with E-state index in [1.165, 1.54) is 5.56 Å². The second-order valence-corrected chi connectivity index (χ2v) is 6.80. The van der Waals surface area contributed by atoms with E-state index in [0.717, 1.165) is 37.5 Å². The maximum absolute atomic E-state index is 12.0. The van der Waals surface area contributed by atoms with Gasteiger partial charge >= 0.3 is 0 Å². The fraction of sp³-hybridized carbons (Fsp3) is 0.600. The van der Waals surface area contributed by atoms with Gasteiger partial charge in [0.15, 0.2) is 5.96 Å². The van der Waals surface area contributed by atoms with Crippen molar-refractivity contribution in [3.8, 4) is 0 Å². The second-order valence-electron chi connectivity index (χ2n) is 6.80. The van der Waals surface area contributed by atoms with Crippen molar-refractivity contribution in [3.05, 3.63) is 29.8 Å². The Morgan fingerprint density at radius 3 is 2.85 bits per heavy atom. The molecule has 26 heavy (non-hydrogen) atoms. The van der Waals surface area contributed by atoms with Gasteiger partial charge in [-0.1, -0.05) is 31.5 Å². The SMILES string of the molecule is CCCC(CCO)CN=C(NCC)NCC1CC(=O)Nc2ccccc21. The number of aliphatic imine (C=N–C) groups is 1. The average molecular weight is 361 g/mol. The maximum Gasteiger partial charge on any atom is 0.225 e. The predicted octanol–water partition coefficient (Wildman–Crippen LogP) is 2.47. The van der Waals surface area contributed by atoms with Gasteiger partial charge in [0.25, 0.3) is 0 Å². The third-order valence-corrected chi connectivity index (χ3v) is 4.71. The molecule has 0 saturated heterocycles. The number of para-hydroxylation sites is 1. The number of carbonyl (C=O) groups is 1. The molecule has 1 aromatic carbocycles. The molecular weight excluding hydrogens is 328 g/mol. The molecule has 0 radical (unpaired) electrons. The molecule has 1 aliphatic rings. The quantitative estimate of drug-likeness (QED) is 0.403. The van der Waals surface area contributed by atoms with E-state index in [0.29, 0.717) is 25.4 Å². The molecule has 6 nitrogen and oxygen atoms in total. The van der Waals surface area contributed by atoms with Crippen LogP contribution in [0.2, 0.25) is 0 Å². The van der Waals surface area contributed by atoms with Gasteiger partial charge in [-0.05, 0) is 37.3 Å². The minimum atomic E-state index is 0.0587. The van der Waals surface area contributed by atoms with E-state index in [4.69, 9.17) is 4.99 Å². The van der Waals surface area contributed by atoms with Crippen molar-refractivity contribution < 1.29 is 9.90 Å². The highest BCUT2D eigenvalue weighted by Crippen LogP contribution is 2.31. The van der Waals surface area contributed by atoms with Crippen LogP contribution in [0, 0.1) is 5.92 Å². The number of anilines is 1. The lowest BCUT2D eigenvalue weighted by atomic mass is 9.90. The normalized spacial score (nSPS) is 18.0. The standard InChI is InChI=1S/C20H32N4O2/c1-3-7-15(10-11-25)13-22-20(21-4-2)23-14-16-12-19(26)24-18-9-6-5-8-17(16)18/h5-6,8-9,15-16,25H,3-4,7,10-14H2,1-2H3,(H,24,26)(H2,21,22,23). The molecule has 4 N–H and O–H groups in total. The van der Waals surface area contributed by atoms with E-state index in [-0.39, 0.29) is 18.4 Å². The molecule has 0 spiro atoms. The lowest BCUT2D eigenvalue weighted by Gasteiger charge is -2.26. The number of nitrogens with zero attached hydrogens (tertiary/aromatic N) is 1. The Hall–Kier alpha value is -2.08. The van der Waals surface area contributed by atoms with Crippen LogP contribution in [0.4, 0.5) is 5.69 Å². The van der Waals surface area contributed by atoms with E-state index in [1.54, 1.807) is 0 Å². The number of aliphatic hydroxyl groups excluding tert-OH is 1. The number of hydrogen-bond acceptors (Lipinski definition) is 3. The van der Waals surface area contributed by atoms with Gasteiger partial charge in [-0.15, -0.1) is 0 Å². The minimum absolute atomic E-state index is 0.0587. The van der Waals surface area contributed by atoms with E-state index in [1.807, 2.05) is 25.1 Å². The van der Waals surface area contributed by atoms with Crippen LogP contribution in [0.25, 0.3) is 0 Å². The molecule has 144 valence electrons. The van der Waals surface area contributed by atoms with Crippen LogP contribution in [0.3, 0.4) is 0 Å². The van der Waals surface area contributed by atoms with Gasteiger partial charge in [-0.2, -0.15) is 0 Å². The molecular formula is C20H32N4O2. The van der Waals surface area contributed by atoms with Crippen LogP contribution in [0.5, 0.6) is 0 Å². The van der Waals surface area contributed by atoms with E-state index < -0.39 is 0 Å². The van der Waals surface area contributed by atoms with Crippen LogP contribution in [-0.4, -0.2) is 43.2 Å². The largest absolute Gasteiger partial charge is 0.396 e. The topological polar surface area (TPSA) is 85.8 Å². The molecule has 0 aromatic heterocycles. The predicted molar refractivity (Wildman–Crippen MR) is 107 cm³/mol. The molecule has 1 aliphatic heterocycles. The maximum atomic E-state index is 12.0. The summed E-state index contributed by atoms with van der Waals surface area (Å²) in [5.41, 5.74) is 2.07. The number of benzene rings is 1. The molecule has 0 fully saturated rings. The van der Waals surface area contributed by atoms with Crippen LogP contribution in [-0.2, 0) is 4.79 Å². The molecule has 0 bridgehead atoms. The number of amides is 1. The molecule has 0 saturated carbocycles. The monoisotopic (exact) mass is 360 g/mol. The summed E-state index contributed by atoms with van der Waals surface area (Å²) < 4.78 is 0. The van der Waals surface area contributed by atoms with Gasteiger partial charge in [-0.3, -0.25) is 9.79 Å². The summed E-state index contributed by atoms with van der Waals surface area (Å²) in [6.07, 6.45) is 3.43. The minimum Gasteiger partial charge on any atom is -0.396 e. The number of fused-ring (bicyclic) bond motifs is 1. The molecule has 6 heteroatoms. The van der Waals surface area contributed by atoms with Crippen molar-refractivity contribution in [1.82, 2.24) is 10.6 Å². The lowest BCUT2D eigenvalue weighted by molar-refractivity contribution is -0.116. The van der Waals surface area contributed by atoms with Crippen molar-refractivity contribution in [2.24, 2.45) is 10.9 Å². The summed E-state index contributed by atoms with van der Waals surface area (Å²) in [6.45, 7) is 6.55. The van der Waals surface area contributed by atoms with Crippen LogP contribution in [0.15, 0.2) is 29.3 Å². The molecule has 2 atom stereocenters. The van der Waals surface area contributed by atoms with Crippen molar-refractivity contribution in [2.45, 2.75) is 45.4 Å². The highest BCUT2D eigenvalue weighted by Gasteiger charge is 2.24. The molecule has 1 aromatic rings. The zero-order chi connectivity index (χ0) is 18.8. The Bertz CT molecular complexity index is 597. The highest BCUT2D eigenvalue weighted by atomic mass is 16.3. The molecule has 1 amide bonds. The van der Waals surface area contributed by atoms with Crippen molar-refractivity contribution in [3.63, 3.8) is 0 Å². The van der Waals surface area contributed by atoms with Crippen LogP contribution < -0.4 is 16.0 Å². The Morgan fingerprint density at radius 2 is 2.12 bits per heavy atom. The molecule has 0 aliphatic carbocycles. The Labute approximate surface area is 156 Å². The van der Waals surface area contributed by atoms with Crippen LogP contribution in [0.1, 0.15) is 51.0 Å². The highest BCUT2D eigenvalue weighted by molar-refractivity contribution is 5.94. The third kappa shape index (κ3) is 6.02. The third-order valence-electron chi connectivity index (χ3n) is 4.71. The first-order valence-corrected chi connectivity index (χ1v) is 9.69. The summed E-state index contributed by atoms with van der Waals surface area (Å²) >= 11 is 0. The fourth-order valence-electron chi connectivity index (χ4n) is 3.38. The van der Waals surface area contributed by atoms with Crippen molar-refractivity contribution >= 4 is 17.6 Å². The first-order valence-electron chi connectivity index (χ1n) is 9.69. The number of aliphatic hydroxyl groups is 1. The van der Waals surface area contributed by atoms with E-state index in [9.17, 15) is 9.90 Å². The number of rotatable bonds is 9. The summed E-state index contributed by atoms with van der Waals surface area (Å²) in [5.74, 6) is 1.37. The first-order chi connectivity index (χ1) is 12.7. The van der Waals surface area contributed by atoms with E-state index in [2.05, 4.69) is 28.9 Å². The van der Waals surface area contributed by atoms with Gasteiger partial charge in [0.05, 0.1) is 0 Å². The van der Waals surface area contributed by atoms with Gasteiger partial charge in [0, 0.05) is 44.3 Å². The van der Waals surface area contributed by atoms with Gasteiger partial charge in [-0.25, -0.2) is 0 Å². The zero-order valence-corrected chi connectivity index (χ0v) is 15.9. The van der Waals surface area contributed by atoms with E-state index >= 15 is 0 Å². The number of guanidine groups is 1. The number of carbonyl (C=O) groups excluding carboxylic acids is 1. The van der Waals surface area contributed by atoms with Crippen molar-refractivity contribution in [1.29, 1.82) is 0 Å². The second kappa shape index (κ2) is 10.8. The number of nitrogens with one attached hydrogen (secondary N) is 3. The fourth-order valence-corrected chi connectivity index (χ4v) is 3.38. The first kappa shape index (κ1) is 20.2. The van der Waals surface area contributed by atoms with Crippen LogP contribution >= 0.6 is 0 Å². The van der Waals surface area contributed by atoms with Gasteiger partial charge in [0.2, 0.25) is 5.91 Å². The summed E-state index contributed by atoms with van der Waals surface area (Å²) in [5, 5.41) is 18.8. The zero-order valence-electron chi connectivity index (χ0n) is 15.9.